The second-order valence-corrected chi connectivity index (χ2v) is 7.92. The highest BCUT2D eigenvalue weighted by molar-refractivity contribution is 6.05. The minimum atomic E-state index is -0.411. The third-order valence-corrected chi connectivity index (χ3v) is 5.35. The van der Waals surface area contributed by atoms with E-state index < -0.39 is 5.82 Å². The lowest BCUT2D eigenvalue weighted by Crippen LogP contribution is -2.47. The van der Waals surface area contributed by atoms with Gasteiger partial charge in [0.15, 0.2) is 0 Å². The molecule has 2 aromatic carbocycles. The van der Waals surface area contributed by atoms with Crippen LogP contribution in [0.2, 0.25) is 0 Å². The molecule has 0 atom stereocenters. The summed E-state index contributed by atoms with van der Waals surface area (Å²) in [5.74, 6) is -0.959. The van der Waals surface area contributed by atoms with Gasteiger partial charge < -0.3 is 16.0 Å². The van der Waals surface area contributed by atoms with Gasteiger partial charge in [-0.25, -0.2) is 4.39 Å². The SMILES string of the molecule is CCCNC(=O)CN1CCC(NC(=O)c2cccc(NC(=O)c3ccc(F)cc3)c2)CC1. The van der Waals surface area contributed by atoms with Gasteiger partial charge in [-0.2, -0.15) is 0 Å². The summed E-state index contributed by atoms with van der Waals surface area (Å²) in [6.45, 7) is 4.59. The van der Waals surface area contributed by atoms with Crippen molar-refractivity contribution in [1.29, 1.82) is 0 Å². The first-order valence-electron chi connectivity index (χ1n) is 10.9. The van der Waals surface area contributed by atoms with Crippen LogP contribution in [0.25, 0.3) is 0 Å². The Morgan fingerprint density at radius 3 is 2.41 bits per heavy atom. The molecule has 2 aromatic rings. The Bertz CT molecular complexity index is 941. The maximum atomic E-state index is 13.0. The van der Waals surface area contributed by atoms with E-state index in [0.717, 1.165) is 32.4 Å². The molecule has 3 N–H and O–H groups in total. The first kappa shape index (κ1) is 23.4. The van der Waals surface area contributed by atoms with Crippen LogP contribution in [0, 0.1) is 5.82 Å². The smallest absolute Gasteiger partial charge is 0.255 e. The Labute approximate surface area is 187 Å². The maximum Gasteiger partial charge on any atom is 0.255 e. The normalized spacial score (nSPS) is 14.6. The molecule has 3 amide bonds. The summed E-state index contributed by atoms with van der Waals surface area (Å²) in [6.07, 6.45) is 2.46. The summed E-state index contributed by atoms with van der Waals surface area (Å²) in [4.78, 5) is 39.0. The fraction of sp³-hybridized carbons (Fsp3) is 0.375. The Balaban J connectivity index is 1.49. The number of amides is 3. The first-order valence-corrected chi connectivity index (χ1v) is 10.9. The molecule has 0 aliphatic carbocycles. The van der Waals surface area contributed by atoms with E-state index in [-0.39, 0.29) is 23.8 Å². The second-order valence-electron chi connectivity index (χ2n) is 7.92. The van der Waals surface area contributed by atoms with E-state index in [4.69, 9.17) is 0 Å². The molecule has 1 aliphatic rings. The molecular weight excluding hydrogens is 411 g/mol. The number of hydrogen-bond donors (Lipinski definition) is 3. The number of carbonyl (C=O) groups excluding carboxylic acids is 3. The van der Waals surface area contributed by atoms with Crippen LogP contribution in [0.4, 0.5) is 10.1 Å². The number of anilines is 1. The number of carbonyl (C=O) groups is 3. The van der Waals surface area contributed by atoms with Crippen molar-refractivity contribution in [2.45, 2.75) is 32.2 Å². The molecule has 0 unspecified atom stereocenters. The van der Waals surface area contributed by atoms with E-state index in [9.17, 15) is 18.8 Å². The van der Waals surface area contributed by atoms with Crippen LogP contribution in [0.3, 0.4) is 0 Å². The van der Waals surface area contributed by atoms with E-state index in [1.165, 1.54) is 24.3 Å². The van der Waals surface area contributed by atoms with Crippen LogP contribution in [0.15, 0.2) is 48.5 Å². The number of nitrogens with one attached hydrogen (secondary N) is 3. The molecule has 1 saturated heterocycles. The highest BCUT2D eigenvalue weighted by atomic mass is 19.1. The predicted octanol–water partition coefficient (Wildman–Crippen LogP) is 2.80. The number of nitrogens with zero attached hydrogens (tertiary/aromatic N) is 1. The molecule has 3 rings (SSSR count). The molecular formula is C24H29FN4O3. The lowest BCUT2D eigenvalue weighted by Gasteiger charge is -2.31. The van der Waals surface area contributed by atoms with Gasteiger partial charge >= 0.3 is 0 Å². The average molecular weight is 441 g/mol. The zero-order valence-electron chi connectivity index (χ0n) is 18.2. The van der Waals surface area contributed by atoms with Crippen LogP contribution in [-0.2, 0) is 4.79 Å². The monoisotopic (exact) mass is 440 g/mol. The molecule has 0 aromatic heterocycles. The molecule has 170 valence electrons. The lowest BCUT2D eigenvalue weighted by molar-refractivity contribution is -0.122. The quantitative estimate of drug-likeness (QED) is 0.589. The van der Waals surface area contributed by atoms with Gasteiger partial charge in [0.05, 0.1) is 6.54 Å². The van der Waals surface area contributed by atoms with Crippen LogP contribution < -0.4 is 16.0 Å². The van der Waals surface area contributed by atoms with Crippen molar-refractivity contribution < 1.29 is 18.8 Å². The zero-order chi connectivity index (χ0) is 22.9. The molecule has 0 radical (unpaired) electrons. The summed E-state index contributed by atoms with van der Waals surface area (Å²) in [7, 11) is 0. The summed E-state index contributed by atoms with van der Waals surface area (Å²) in [5, 5.41) is 8.65. The number of hydrogen-bond acceptors (Lipinski definition) is 4. The van der Waals surface area contributed by atoms with Crippen molar-refractivity contribution in [1.82, 2.24) is 15.5 Å². The summed E-state index contributed by atoms with van der Waals surface area (Å²) in [6, 6.07) is 12.0. The molecule has 0 saturated carbocycles. The molecule has 0 spiro atoms. The molecule has 32 heavy (non-hydrogen) atoms. The van der Waals surface area contributed by atoms with Gasteiger partial charge in [-0.05, 0) is 61.7 Å². The third kappa shape index (κ3) is 6.88. The fourth-order valence-corrected chi connectivity index (χ4v) is 3.57. The largest absolute Gasteiger partial charge is 0.355 e. The van der Waals surface area contributed by atoms with E-state index >= 15 is 0 Å². The second kappa shape index (κ2) is 11.4. The Kier molecular flexibility index (Phi) is 8.33. The number of benzene rings is 2. The van der Waals surface area contributed by atoms with Crippen molar-refractivity contribution in [2.75, 3.05) is 31.5 Å². The maximum absolute atomic E-state index is 13.0. The van der Waals surface area contributed by atoms with Crippen LogP contribution in [0.5, 0.6) is 0 Å². The molecule has 8 heteroatoms. The first-order chi connectivity index (χ1) is 15.4. The zero-order valence-corrected chi connectivity index (χ0v) is 18.2. The van der Waals surface area contributed by atoms with E-state index in [0.29, 0.717) is 29.9 Å². The van der Waals surface area contributed by atoms with Crippen LogP contribution >= 0.6 is 0 Å². The summed E-state index contributed by atoms with van der Waals surface area (Å²) < 4.78 is 13.0. The molecule has 0 bridgehead atoms. The van der Waals surface area contributed by atoms with Crippen molar-refractivity contribution >= 4 is 23.4 Å². The Hall–Kier alpha value is -3.26. The van der Waals surface area contributed by atoms with Gasteiger partial charge in [0.2, 0.25) is 5.91 Å². The average Bonchev–Trinajstić information content (AvgIpc) is 2.79. The predicted molar refractivity (Wildman–Crippen MR) is 121 cm³/mol. The minimum Gasteiger partial charge on any atom is -0.355 e. The van der Waals surface area contributed by atoms with E-state index in [2.05, 4.69) is 20.9 Å². The molecule has 7 nitrogen and oxygen atoms in total. The van der Waals surface area contributed by atoms with E-state index in [1.54, 1.807) is 24.3 Å². The number of rotatable bonds is 8. The number of likely N-dealkylation sites (tertiary alicyclic amines) is 1. The van der Waals surface area contributed by atoms with Gasteiger partial charge in [-0.1, -0.05) is 13.0 Å². The number of piperidine rings is 1. The third-order valence-electron chi connectivity index (χ3n) is 5.35. The van der Waals surface area contributed by atoms with Crippen LogP contribution in [-0.4, -0.2) is 54.8 Å². The van der Waals surface area contributed by atoms with Gasteiger partial charge in [0.1, 0.15) is 5.82 Å². The highest BCUT2D eigenvalue weighted by Crippen LogP contribution is 2.15. The Morgan fingerprint density at radius 1 is 1.00 bits per heavy atom. The van der Waals surface area contributed by atoms with Gasteiger partial charge in [0, 0.05) is 42.5 Å². The summed E-state index contributed by atoms with van der Waals surface area (Å²) >= 11 is 0. The van der Waals surface area contributed by atoms with E-state index in [1.807, 2.05) is 6.92 Å². The number of halogens is 1. The molecule has 1 aliphatic heterocycles. The highest BCUT2D eigenvalue weighted by Gasteiger charge is 2.22. The van der Waals surface area contributed by atoms with Crippen molar-refractivity contribution in [3.8, 4) is 0 Å². The van der Waals surface area contributed by atoms with Gasteiger partial charge in [0.25, 0.3) is 11.8 Å². The van der Waals surface area contributed by atoms with Gasteiger partial charge in [-0.3, -0.25) is 19.3 Å². The minimum absolute atomic E-state index is 0.0360. The summed E-state index contributed by atoms with van der Waals surface area (Å²) in [5.41, 5.74) is 1.26. The van der Waals surface area contributed by atoms with Crippen molar-refractivity contribution in [3.05, 3.63) is 65.5 Å². The lowest BCUT2D eigenvalue weighted by atomic mass is 10.0. The van der Waals surface area contributed by atoms with Crippen LogP contribution in [0.1, 0.15) is 46.9 Å². The van der Waals surface area contributed by atoms with Crippen molar-refractivity contribution in [2.24, 2.45) is 0 Å². The topological polar surface area (TPSA) is 90.5 Å². The fourth-order valence-electron chi connectivity index (χ4n) is 3.57. The molecule has 1 heterocycles. The standard InChI is InChI=1S/C24H29FN4O3/c1-2-12-26-22(30)16-29-13-10-20(11-14-29)27-24(32)18-4-3-5-21(15-18)28-23(31)17-6-8-19(25)9-7-17/h3-9,15,20H,2,10-14,16H2,1H3,(H,26,30)(H,27,32)(H,28,31). The van der Waals surface area contributed by atoms with Crippen molar-refractivity contribution in [3.63, 3.8) is 0 Å². The Morgan fingerprint density at radius 2 is 1.72 bits per heavy atom. The molecule has 1 fully saturated rings. The van der Waals surface area contributed by atoms with Gasteiger partial charge in [-0.15, -0.1) is 0 Å².